The van der Waals surface area contributed by atoms with Gasteiger partial charge < -0.3 is 5.11 Å². The fourth-order valence-electron chi connectivity index (χ4n) is 3.02. The zero-order valence-corrected chi connectivity index (χ0v) is 12.7. The van der Waals surface area contributed by atoms with Crippen molar-refractivity contribution < 1.29 is 5.11 Å². The maximum absolute atomic E-state index is 12.8. The molecule has 5 heteroatoms. The maximum Gasteiger partial charge on any atom is 0.262 e. The number of rotatable bonds is 3. The number of aromatic nitrogens is 2. The topological polar surface area (TPSA) is 55.1 Å². The van der Waals surface area contributed by atoms with Gasteiger partial charge in [0.05, 0.1) is 24.4 Å². The van der Waals surface area contributed by atoms with Crippen LogP contribution in [0.4, 0.5) is 0 Å². The summed E-state index contributed by atoms with van der Waals surface area (Å²) in [4.78, 5) is 19.4. The average Bonchev–Trinajstić information content (AvgIpc) is 2.81. The molecule has 0 bridgehead atoms. The lowest BCUT2D eigenvalue weighted by molar-refractivity contribution is 0.189. The first-order valence-electron chi connectivity index (χ1n) is 7.25. The molecule has 0 radical (unpaired) electrons. The Balaban J connectivity index is 2.22. The molecule has 4 nitrogen and oxygen atoms in total. The van der Waals surface area contributed by atoms with Crippen LogP contribution < -0.4 is 5.56 Å². The van der Waals surface area contributed by atoms with E-state index in [1.807, 2.05) is 13.8 Å². The highest BCUT2D eigenvalue weighted by molar-refractivity contribution is 7.18. The van der Waals surface area contributed by atoms with Gasteiger partial charge in [-0.1, -0.05) is 13.8 Å². The number of aryl methyl sites for hydroxylation is 2. The van der Waals surface area contributed by atoms with Crippen LogP contribution in [0.25, 0.3) is 10.2 Å². The van der Waals surface area contributed by atoms with Gasteiger partial charge in [-0.3, -0.25) is 9.36 Å². The van der Waals surface area contributed by atoms with E-state index >= 15 is 0 Å². The van der Waals surface area contributed by atoms with Gasteiger partial charge in [-0.15, -0.1) is 11.3 Å². The van der Waals surface area contributed by atoms with Crippen molar-refractivity contribution in [2.24, 2.45) is 5.92 Å². The SMILES string of the molecule is CC(C)[C@@H](CO)n1cnc2sc3c(c2c1=O)CCCC3. The largest absolute Gasteiger partial charge is 0.394 e. The van der Waals surface area contributed by atoms with Crippen LogP contribution in [0.2, 0.25) is 0 Å². The molecule has 0 aromatic carbocycles. The molecule has 0 saturated carbocycles. The summed E-state index contributed by atoms with van der Waals surface area (Å²) in [5.41, 5.74) is 1.23. The summed E-state index contributed by atoms with van der Waals surface area (Å²) in [6, 6.07) is -0.196. The smallest absolute Gasteiger partial charge is 0.262 e. The zero-order chi connectivity index (χ0) is 14.3. The van der Waals surface area contributed by atoms with Gasteiger partial charge in [0.15, 0.2) is 0 Å². The molecule has 0 fully saturated rings. The summed E-state index contributed by atoms with van der Waals surface area (Å²) in [6.07, 6.45) is 6.03. The molecule has 2 heterocycles. The third kappa shape index (κ3) is 2.09. The Bertz CT molecular complexity index is 687. The molecule has 2 aromatic rings. The summed E-state index contributed by atoms with van der Waals surface area (Å²) < 4.78 is 1.62. The van der Waals surface area contributed by atoms with Gasteiger partial charge in [-0.25, -0.2) is 4.98 Å². The van der Waals surface area contributed by atoms with Gasteiger partial charge >= 0.3 is 0 Å². The number of nitrogens with zero attached hydrogens (tertiary/aromatic N) is 2. The van der Waals surface area contributed by atoms with E-state index in [0.29, 0.717) is 0 Å². The summed E-state index contributed by atoms with van der Waals surface area (Å²) in [5, 5.41) is 10.3. The van der Waals surface area contributed by atoms with Gasteiger partial charge in [0.25, 0.3) is 5.56 Å². The van der Waals surface area contributed by atoms with E-state index in [4.69, 9.17) is 0 Å². The lowest BCUT2D eigenvalue weighted by atomic mass is 9.97. The quantitative estimate of drug-likeness (QED) is 0.945. The van der Waals surface area contributed by atoms with E-state index in [2.05, 4.69) is 4.98 Å². The van der Waals surface area contributed by atoms with Gasteiger partial charge in [-0.05, 0) is 37.2 Å². The highest BCUT2D eigenvalue weighted by Gasteiger charge is 2.23. The second-order valence-corrected chi connectivity index (χ2v) is 6.93. The first-order valence-corrected chi connectivity index (χ1v) is 8.07. The van der Waals surface area contributed by atoms with Gasteiger partial charge in [-0.2, -0.15) is 0 Å². The summed E-state index contributed by atoms with van der Waals surface area (Å²) in [6.45, 7) is 4.00. The summed E-state index contributed by atoms with van der Waals surface area (Å²) in [5.74, 6) is 0.200. The maximum atomic E-state index is 12.8. The number of hydrogen-bond donors (Lipinski definition) is 1. The van der Waals surface area contributed by atoms with Crippen LogP contribution >= 0.6 is 11.3 Å². The van der Waals surface area contributed by atoms with Crippen LogP contribution in [0.3, 0.4) is 0 Å². The minimum Gasteiger partial charge on any atom is -0.394 e. The molecule has 108 valence electrons. The van der Waals surface area contributed by atoms with E-state index in [9.17, 15) is 9.90 Å². The molecule has 1 aliphatic carbocycles. The van der Waals surface area contributed by atoms with Gasteiger partial charge in [0.1, 0.15) is 4.83 Å². The zero-order valence-electron chi connectivity index (χ0n) is 11.9. The van der Waals surface area contributed by atoms with E-state index in [1.165, 1.54) is 16.9 Å². The van der Waals surface area contributed by atoms with Crippen LogP contribution in [0.1, 0.15) is 43.2 Å². The number of fused-ring (bicyclic) bond motifs is 3. The van der Waals surface area contributed by atoms with Crippen molar-refractivity contribution in [3.8, 4) is 0 Å². The molecule has 20 heavy (non-hydrogen) atoms. The van der Waals surface area contributed by atoms with Crippen LogP contribution in [0, 0.1) is 5.92 Å². The minimum atomic E-state index is -0.196. The van der Waals surface area contributed by atoms with Gasteiger partial charge in [0, 0.05) is 4.88 Å². The van der Waals surface area contributed by atoms with E-state index in [1.54, 1.807) is 22.2 Å². The molecule has 3 rings (SSSR count). The Morgan fingerprint density at radius 1 is 1.40 bits per heavy atom. The lowest BCUT2D eigenvalue weighted by Gasteiger charge is -2.20. The standard InChI is InChI=1S/C15H20N2O2S/c1-9(2)11(7-18)17-8-16-14-13(15(17)19)10-5-3-4-6-12(10)20-14/h8-9,11,18H,3-7H2,1-2H3/t11-/m1/s1. The Morgan fingerprint density at radius 3 is 2.85 bits per heavy atom. The molecule has 1 atom stereocenters. The highest BCUT2D eigenvalue weighted by Crippen LogP contribution is 2.33. The summed E-state index contributed by atoms with van der Waals surface area (Å²) in [7, 11) is 0. The number of thiophene rings is 1. The minimum absolute atomic E-state index is 0.0159. The molecular weight excluding hydrogens is 272 g/mol. The fraction of sp³-hybridized carbons (Fsp3) is 0.600. The van der Waals surface area contributed by atoms with Crippen LogP contribution in [0.5, 0.6) is 0 Å². The second-order valence-electron chi connectivity index (χ2n) is 5.84. The average molecular weight is 292 g/mol. The van der Waals surface area contributed by atoms with Crippen molar-refractivity contribution in [2.75, 3.05) is 6.61 Å². The first kappa shape index (κ1) is 13.8. The monoisotopic (exact) mass is 292 g/mol. The molecule has 0 spiro atoms. The Labute approximate surface area is 122 Å². The fourth-order valence-corrected chi connectivity index (χ4v) is 4.23. The third-order valence-electron chi connectivity index (χ3n) is 4.21. The number of aliphatic hydroxyl groups is 1. The van der Waals surface area contributed by atoms with Crippen molar-refractivity contribution in [1.29, 1.82) is 0 Å². The molecule has 0 unspecified atom stereocenters. The second kappa shape index (κ2) is 5.30. The Hall–Kier alpha value is -1.20. The molecular formula is C15H20N2O2S. The summed E-state index contributed by atoms with van der Waals surface area (Å²) >= 11 is 1.66. The lowest BCUT2D eigenvalue weighted by Crippen LogP contribution is -2.30. The molecule has 1 N–H and O–H groups in total. The first-order chi connectivity index (χ1) is 9.63. The number of aliphatic hydroxyl groups excluding tert-OH is 1. The van der Waals surface area contributed by atoms with Crippen LogP contribution in [-0.2, 0) is 12.8 Å². The molecule has 0 aliphatic heterocycles. The predicted molar refractivity (Wildman–Crippen MR) is 81.5 cm³/mol. The highest BCUT2D eigenvalue weighted by atomic mass is 32.1. The Kier molecular flexibility index (Phi) is 3.65. The Morgan fingerprint density at radius 2 is 2.15 bits per heavy atom. The normalized spacial score (nSPS) is 16.6. The van der Waals surface area contributed by atoms with Crippen LogP contribution in [-0.4, -0.2) is 21.3 Å². The van der Waals surface area contributed by atoms with Crippen molar-refractivity contribution in [2.45, 2.75) is 45.6 Å². The molecule has 1 aliphatic rings. The third-order valence-corrected chi connectivity index (χ3v) is 5.41. The van der Waals surface area contributed by atoms with E-state index < -0.39 is 0 Å². The van der Waals surface area contributed by atoms with Crippen LogP contribution in [0.15, 0.2) is 11.1 Å². The molecule has 0 amide bonds. The molecule has 0 saturated heterocycles. The number of hydrogen-bond acceptors (Lipinski definition) is 4. The van der Waals surface area contributed by atoms with E-state index in [-0.39, 0.29) is 24.1 Å². The van der Waals surface area contributed by atoms with Gasteiger partial charge in [0.2, 0.25) is 0 Å². The molecule has 2 aromatic heterocycles. The predicted octanol–water partition coefficient (Wildman–Crippen LogP) is 2.53. The van der Waals surface area contributed by atoms with E-state index in [0.717, 1.165) is 29.5 Å². The van der Waals surface area contributed by atoms with Crippen molar-refractivity contribution >= 4 is 21.6 Å². The van der Waals surface area contributed by atoms with Crippen molar-refractivity contribution in [1.82, 2.24) is 9.55 Å². The van der Waals surface area contributed by atoms with Crippen molar-refractivity contribution in [3.63, 3.8) is 0 Å². The van der Waals surface area contributed by atoms with Crippen molar-refractivity contribution in [3.05, 3.63) is 27.1 Å².